The Kier molecular flexibility index (Phi) is 5.49. The molecule has 3 aromatic rings. The third kappa shape index (κ3) is 5.22. The molecule has 1 N–H and O–H groups in total. The quantitative estimate of drug-likeness (QED) is 0.499. The first kappa shape index (κ1) is 16.8. The molecule has 0 atom stereocenters. The minimum atomic E-state index is -0.122. The SMILES string of the molecule is O=C(Cc1ccc(Cl)nc1)Nc1ccc(N=Nc2ccccc2)cc1. The van der Waals surface area contributed by atoms with Crippen molar-refractivity contribution >= 4 is 34.6 Å². The second-order valence-corrected chi connectivity index (χ2v) is 5.68. The van der Waals surface area contributed by atoms with Gasteiger partial charge in [-0.05, 0) is 48.0 Å². The van der Waals surface area contributed by atoms with E-state index < -0.39 is 0 Å². The average Bonchev–Trinajstić information content (AvgIpc) is 2.64. The van der Waals surface area contributed by atoms with Gasteiger partial charge in [-0.3, -0.25) is 4.79 Å². The minimum absolute atomic E-state index is 0.122. The van der Waals surface area contributed by atoms with E-state index >= 15 is 0 Å². The largest absolute Gasteiger partial charge is 0.326 e. The molecule has 124 valence electrons. The number of azo groups is 1. The van der Waals surface area contributed by atoms with E-state index in [-0.39, 0.29) is 12.3 Å². The van der Waals surface area contributed by atoms with Gasteiger partial charge >= 0.3 is 0 Å². The van der Waals surface area contributed by atoms with Crippen LogP contribution in [0.2, 0.25) is 5.15 Å². The van der Waals surface area contributed by atoms with Crippen molar-refractivity contribution in [1.82, 2.24) is 4.98 Å². The molecule has 3 rings (SSSR count). The second-order valence-electron chi connectivity index (χ2n) is 5.30. The molecule has 0 aliphatic heterocycles. The van der Waals surface area contributed by atoms with E-state index in [4.69, 9.17) is 11.6 Å². The summed E-state index contributed by atoms with van der Waals surface area (Å²) < 4.78 is 0. The first-order valence-corrected chi connectivity index (χ1v) is 8.04. The predicted octanol–water partition coefficient (Wildman–Crippen LogP) is 5.33. The van der Waals surface area contributed by atoms with E-state index in [0.717, 1.165) is 11.3 Å². The lowest BCUT2D eigenvalue weighted by Crippen LogP contribution is -2.14. The Morgan fingerprint density at radius 2 is 1.60 bits per heavy atom. The maximum absolute atomic E-state index is 12.0. The third-order valence-corrected chi connectivity index (χ3v) is 3.57. The highest BCUT2D eigenvalue weighted by molar-refractivity contribution is 6.29. The zero-order chi connectivity index (χ0) is 17.5. The van der Waals surface area contributed by atoms with Crippen molar-refractivity contribution in [3.63, 3.8) is 0 Å². The molecule has 0 aliphatic carbocycles. The Labute approximate surface area is 150 Å². The summed E-state index contributed by atoms with van der Waals surface area (Å²) in [5, 5.41) is 11.6. The molecule has 5 nitrogen and oxygen atoms in total. The Bertz CT molecular complexity index is 862. The third-order valence-electron chi connectivity index (χ3n) is 3.34. The molecular formula is C19H15ClN4O. The second kappa shape index (κ2) is 8.17. The smallest absolute Gasteiger partial charge is 0.228 e. The average molecular weight is 351 g/mol. The van der Waals surface area contributed by atoms with Crippen molar-refractivity contribution in [1.29, 1.82) is 0 Å². The highest BCUT2D eigenvalue weighted by Gasteiger charge is 2.05. The Hall–Kier alpha value is -3.05. The van der Waals surface area contributed by atoms with E-state index in [1.165, 1.54) is 0 Å². The van der Waals surface area contributed by atoms with Crippen LogP contribution < -0.4 is 5.32 Å². The van der Waals surface area contributed by atoms with Crippen LogP contribution in [0.5, 0.6) is 0 Å². The number of nitrogens with zero attached hydrogens (tertiary/aromatic N) is 3. The molecule has 0 fully saturated rings. The van der Waals surface area contributed by atoms with Gasteiger partial charge in [-0.15, -0.1) is 0 Å². The highest BCUT2D eigenvalue weighted by atomic mass is 35.5. The number of carbonyl (C=O) groups is 1. The van der Waals surface area contributed by atoms with Crippen LogP contribution in [0.3, 0.4) is 0 Å². The van der Waals surface area contributed by atoms with Crippen LogP contribution in [-0.4, -0.2) is 10.9 Å². The molecule has 0 saturated heterocycles. The van der Waals surface area contributed by atoms with Gasteiger partial charge in [-0.2, -0.15) is 10.2 Å². The van der Waals surface area contributed by atoms with Crippen molar-refractivity contribution in [3.05, 3.63) is 83.6 Å². The Balaban J connectivity index is 1.57. The molecule has 0 saturated carbocycles. The summed E-state index contributed by atoms with van der Waals surface area (Å²) >= 11 is 5.73. The van der Waals surface area contributed by atoms with Gasteiger partial charge in [-0.25, -0.2) is 4.98 Å². The van der Waals surface area contributed by atoms with Crippen LogP contribution >= 0.6 is 11.6 Å². The monoisotopic (exact) mass is 350 g/mol. The van der Waals surface area contributed by atoms with Gasteiger partial charge in [0.05, 0.1) is 17.8 Å². The number of hydrogen-bond acceptors (Lipinski definition) is 4. The number of amides is 1. The molecule has 1 amide bonds. The van der Waals surface area contributed by atoms with Gasteiger partial charge in [0.2, 0.25) is 5.91 Å². The highest BCUT2D eigenvalue weighted by Crippen LogP contribution is 2.20. The fraction of sp³-hybridized carbons (Fsp3) is 0.0526. The maximum Gasteiger partial charge on any atom is 0.228 e. The number of carbonyl (C=O) groups excluding carboxylic acids is 1. The summed E-state index contributed by atoms with van der Waals surface area (Å²) in [4.78, 5) is 16.0. The van der Waals surface area contributed by atoms with Gasteiger partial charge in [0.15, 0.2) is 0 Å². The molecule has 2 aromatic carbocycles. The molecule has 25 heavy (non-hydrogen) atoms. The number of hydrogen-bond donors (Lipinski definition) is 1. The summed E-state index contributed by atoms with van der Waals surface area (Å²) in [6, 6.07) is 20.1. The van der Waals surface area contributed by atoms with Gasteiger partial charge < -0.3 is 5.32 Å². The molecule has 6 heteroatoms. The lowest BCUT2D eigenvalue weighted by molar-refractivity contribution is -0.115. The van der Waals surface area contributed by atoms with Crippen LogP contribution in [-0.2, 0) is 11.2 Å². The molecule has 1 heterocycles. The number of pyridine rings is 1. The molecule has 1 aromatic heterocycles. The first-order valence-electron chi connectivity index (χ1n) is 7.66. The van der Waals surface area contributed by atoms with Crippen LogP contribution in [0.25, 0.3) is 0 Å². The van der Waals surface area contributed by atoms with Gasteiger partial charge in [0, 0.05) is 11.9 Å². The lowest BCUT2D eigenvalue weighted by atomic mass is 10.2. The van der Waals surface area contributed by atoms with Crippen LogP contribution in [0.15, 0.2) is 83.2 Å². The zero-order valence-electron chi connectivity index (χ0n) is 13.3. The van der Waals surface area contributed by atoms with E-state index in [1.807, 2.05) is 30.3 Å². The summed E-state index contributed by atoms with van der Waals surface area (Å²) in [5.74, 6) is -0.122. The van der Waals surface area contributed by atoms with Gasteiger partial charge in [-0.1, -0.05) is 35.9 Å². The molecule has 0 unspecified atom stereocenters. The van der Waals surface area contributed by atoms with Crippen molar-refractivity contribution in [2.24, 2.45) is 10.2 Å². The zero-order valence-corrected chi connectivity index (χ0v) is 14.0. The summed E-state index contributed by atoms with van der Waals surface area (Å²) in [6.45, 7) is 0. The Morgan fingerprint density at radius 3 is 2.24 bits per heavy atom. The molecule has 0 aliphatic rings. The summed E-state index contributed by atoms with van der Waals surface area (Å²) in [7, 11) is 0. The van der Waals surface area contributed by atoms with Crippen molar-refractivity contribution in [2.45, 2.75) is 6.42 Å². The van der Waals surface area contributed by atoms with Crippen molar-refractivity contribution in [2.75, 3.05) is 5.32 Å². The van der Waals surface area contributed by atoms with Crippen molar-refractivity contribution < 1.29 is 4.79 Å². The first-order chi connectivity index (χ1) is 12.2. The number of anilines is 1. The molecule has 0 radical (unpaired) electrons. The fourth-order valence-electron chi connectivity index (χ4n) is 2.12. The van der Waals surface area contributed by atoms with E-state index in [2.05, 4.69) is 20.5 Å². The molecular weight excluding hydrogens is 336 g/mol. The number of rotatable bonds is 5. The molecule has 0 spiro atoms. The number of aromatic nitrogens is 1. The molecule has 0 bridgehead atoms. The van der Waals surface area contributed by atoms with Crippen molar-refractivity contribution in [3.8, 4) is 0 Å². The topological polar surface area (TPSA) is 66.7 Å². The summed E-state index contributed by atoms with van der Waals surface area (Å²) in [6.07, 6.45) is 1.83. The van der Waals surface area contributed by atoms with Crippen LogP contribution in [0.1, 0.15) is 5.56 Å². The maximum atomic E-state index is 12.0. The Morgan fingerprint density at radius 1 is 0.920 bits per heavy atom. The van der Waals surface area contributed by atoms with Crippen LogP contribution in [0.4, 0.5) is 17.1 Å². The number of halogens is 1. The van der Waals surface area contributed by atoms with E-state index in [1.54, 1.807) is 42.6 Å². The lowest BCUT2D eigenvalue weighted by Gasteiger charge is -2.05. The van der Waals surface area contributed by atoms with E-state index in [9.17, 15) is 4.79 Å². The van der Waals surface area contributed by atoms with E-state index in [0.29, 0.717) is 16.5 Å². The predicted molar refractivity (Wildman–Crippen MR) is 98.6 cm³/mol. The fourth-order valence-corrected chi connectivity index (χ4v) is 2.23. The minimum Gasteiger partial charge on any atom is -0.326 e. The van der Waals surface area contributed by atoms with Crippen LogP contribution in [0, 0.1) is 0 Å². The van der Waals surface area contributed by atoms with Gasteiger partial charge in [0.25, 0.3) is 0 Å². The number of benzene rings is 2. The van der Waals surface area contributed by atoms with Gasteiger partial charge in [0.1, 0.15) is 5.15 Å². The standard InChI is InChI=1S/C19H15ClN4O/c20-18-11-6-14(13-21-18)12-19(25)22-15-7-9-17(10-8-15)24-23-16-4-2-1-3-5-16/h1-11,13H,12H2,(H,22,25). The summed E-state index contributed by atoms with van der Waals surface area (Å²) in [5.41, 5.74) is 3.00. The number of nitrogens with one attached hydrogen (secondary N) is 1. The normalized spacial score (nSPS) is 10.8.